The zero-order valence-electron chi connectivity index (χ0n) is 10.8. The van der Waals surface area contributed by atoms with E-state index in [1.165, 1.54) is 6.07 Å². The number of amides is 1. The quantitative estimate of drug-likeness (QED) is 0.651. The third-order valence-corrected chi connectivity index (χ3v) is 5.05. The Morgan fingerprint density at radius 1 is 1.43 bits per heavy atom. The number of rotatable bonds is 1. The molecule has 0 radical (unpaired) electrons. The van der Waals surface area contributed by atoms with Crippen molar-refractivity contribution in [2.24, 2.45) is 0 Å². The smallest absolute Gasteiger partial charge is 0.326 e. The van der Waals surface area contributed by atoms with Gasteiger partial charge in [0.1, 0.15) is 18.0 Å². The van der Waals surface area contributed by atoms with Crippen molar-refractivity contribution < 1.29 is 27.8 Å². The van der Waals surface area contributed by atoms with Crippen LogP contribution in [0.2, 0.25) is 0 Å². The zero-order valence-corrected chi connectivity index (χ0v) is 11.7. The number of aliphatic hydroxyl groups is 1. The summed E-state index contributed by atoms with van der Waals surface area (Å²) in [6.45, 7) is -0.589. The standard InChI is InChI=1S/C12H13FN2O5S/c13-11-8-4-7(16)2-1-6(8)3-9(17)12(11)15-5-10(18)14-21(15,19)20/h3,7,16-17H,1-2,4-5H2,(H,14,18). The van der Waals surface area contributed by atoms with E-state index in [0.29, 0.717) is 22.7 Å². The highest BCUT2D eigenvalue weighted by atomic mass is 32.2. The maximum atomic E-state index is 14.6. The number of phenols is 1. The minimum atomic E-state index is -4.20. The fourth-order valence-corrected chi connectivity index (χ4v) is 3.87. The summed E-state index contributed by atoms with van der Waals surface area (Å²) in [5.74, 6) is -2.25. The van der Waals surface area contributed by atoms with Gasteiger partial charge in [0.05, 0.1) is 6.10 Å². The number of carbonyl (C=O) groups is 1. The van der Waals surface area contributed by atoms with Crippen LogP contribution in [0.3, 0.4) is 0 Å². The van der Waals surface area contributed by atoms with E-state index < -0.39 is 46.0 Å². The number of nitrogens with one attached hydrogen (secondary N) is 1. The van der Waals surface area contributed by atoms with Crippen LogP contribution in [0.25, 0.3) is 0 Å². The first kappa shape index (κ1) is 14.1. The molecule has 1 aromatic carbocycles. The van der Waals surface area contributed by atoms with Crippen LogP contribution in [0, 0.1) is 5.82 Å². The Kier molecular flexibility index (Phi) is 3.06. The fraction of sp³-hybridized carbons (Fsp3) is 0.417. The number of anilines is 1. The molecule has 1 saturated heterocycles. The van der Waals surface area contributed by atoms with Gasteiger partial charge in [0.15, 0.2) is 5.82 Å². The highest BCUT2D eigenvalue weighted by molar-refractivity contribution is 7.92. The van der Waals surface area contributed by atoms with Gasteiger partial charge in [0.2, 0.25) is 0 Å². The Labute approximate surface area is 120 Å². The molecule has 1 heterocycles. The Morgan fingerprint density at radius 2 is 2.14 bits per heavy atom. The maximum Gasteiger partial charge on any atom is 0.326 e. The van der Waals surface area contributed by atoms with E-state index in [1.54, 1.807) is 4.72 Å². The largest absolute Gasteiger partial charge is 0.506 e. The summed E-state index contributed by atoms with van der Waals surface area (Å²) in [7, 11) is -4.20. The first-order chi connectivity index (χ1) is 9.79. The van der Waals surface area contributed by atoms with Gasteiger partial charge >= 0.3 is 10.2 Å². The molecule has 2 aliphatic rings. The monoisotopic (exact) mass is 316 g/mol. The molecule has 21 heavy (non-hydrogen) atoms. The summed E-state index contributed by atoms with van der Waals surface area (Å²) in [6, 6.07) is 1.29. The Bertz CT molecular complexity index is 734. The number of aliphatic hydroxyl groups excluding tert-OH is 1. The van der Waals surface area contributed by atoms with Gasteiger partial charge in [-0.3, -0.25) is 4.79 Å². The molecule has 3 rings (SSSR count). The number of halogens is 1. The number of fused-ring (bicyclic) bond motifs is 1. The molecule has 1 fully saturated rings. The lowest BCUT2D eigenvalue weighted by Crippen LogP contribution is -2.31. The van der Waals surface area contributed by atoms with Crippen molar-refractivity contribution in [3.8, 4) is 5.75 Å². The molecule has 0 spiro atoms. The van der Waals surface area contributed by atoms with E-state index in [9.17, 15) is 27.8 Å². The van der Waals surface area contributed by atoms with Crippen LogP contribution in [0.15, 0.2) is 6.07 Å². The fourth-order valence-electron chi connectivity index (χ4n) is 2.70. The van der Waals surface area contributed by atoms with Gasteiger partial charge in [-0.05, 0) is 30.0 Å². The van der Waals surface area contributed by atoms with Crippen molar-refractivity contribution in [1.82, 2.24) is 4.72 Å². The van der Waals surface area contributed by atoms with E-state index in [4.69, 9.17) is 0 Å². The number of phenolic OH excluding ortho intramolecular Hbond substituents is 1. The average molecular weight is 316 g/mol. The average Bonchev–Trinajstić information content (AvgIpc) is 2.64. The van der Waals surface area contributed by atoms with Crippen LogP contribution >= 0.6 is 0 Å². The molecule has 1 atom stereocenters. The second-order valence-electron chi connectivity index (χ2n) is 5.13. The molecule has 3 N–H and O–H groups in total. The molecular weight excluding hydrogens is 303 g/mol. The first-order valence-corrected chi connectivity index (χ1v) is 7.78. The third kappa shape index (κ3) is 2.22. The van der Waals surface area contributed by atoms with Crippen molar-refractivity contribution in [2.75, 3.05) is 10.8 Å². The van der Waals surface area contributed by atoms with Gasteiger partial charge in [-0.15, -0.1) is 0 Å². The minimum Gasteiger partial charge on any atom is -0.506 e. The van der Waals surface area contributed by atoms with E-state index in [0.717, 1.165) is 0 Å². The Hall–Kier alpha value is -1.87. The number of aryl methyl sites for hydroxylation is 1. The van der Waals surface area contributed by atoms with Crippen LogP contribution in [0.1, 0.15) is 17.5 Å². The van der Waals surface area contributed by atoms with E-state index in [-0.39, 0.29) is 12.0 Å². The van der Waals surface area contributed by atoms with Crippen molar-refractivity contribution >= 4 is 21.8 Å². The van der Waals surface area contributed by atoms with E-state index >= 15 is 0 Å². The predicted octanol–water partition coefficient (Wildman–Crippen LogP) is -0.438. The molecule has 1 unspecified atom stereocenters. The highest BCUT2D eigenvalue weighted by Crippen LogP contribution is 2.39. The number of nitrogens with zero attached hydrogens (tertiary/aromatic N) is 1. The normalized spacial score (nSPS) is 23.8. The Balaban J connectivity index is 2.16. The minimum absolute atomic E-state index is 0.0453. The van der Waals surface area contributed by atoms with Crippen LogP contribution < -0.4 is 9.03 Å². The van der Waals surface area contributed by atoms with Gasteiger partial charge in [-0.2, -0.15) is 8.42 Å². The number of aromatic hydroxyl groups is 1. The summed E-state index contributed by atoms with van der Waals surface area (Å²) in [5.41, 5.74) is 0.159. The summed E-state index contributed by atoms with van der Waals surface area (Å²) in [5, 5.41) is 19.6. The molecule has 0 bridgehead atoms. The molecule has 9 heteroatoms. The topological polar surface area (TPSA) is 107 Å². The van der Waals surface area contributed by atoms with Gasteiger partial charge in [0.25, 0.3) is 5.91 Å². The van der Waals surface area contributed by atoms with Crippen molar-refractivity contribution in [3.63, 3.8) is 0 Å². The van der Waals surface area contributed by atoms with Crippen LogP contribution in [0.5, 0.6) is 5.75 Å². The van der Waals surface area contributed by atoms with Crippen molar-refractivity contribution in [3.05, 3.63) is 23.0 Å². The summed E-state index contributed by atoms with van der Waals surface area (Å²) in [6.07, 6.45) is 0.182. The molecule has 0 saturated carbocycles. The molecule has 114 valence electrons. The predicted molar refractivity (Wildman–Crippen MR) is 70.5 cm³/mol. The number of hydrogen-bond donors (Lipinski definition) is 3. The molecule has 1 aromatic rings. The molecular formula is C12H13FN2O5S. The summed E-state index contributed by atoms with van der Waals surface area (Å²) >= 11 is 0. The molecule has 1 amide bonds. The van der Waals surface area contributed by atoms with Crippen LogP contribution in [-0.4, -0.2) is 37.2 Å². The molecule has 7 nitrogen and oxygen atoms in total. The van der Waals surface area contributed by atoms with Gasteiger partial charge in [0, 0.05) is 6.42 Å². The second kappa shape index (κ2) is 4.57. The summed E-state index contributed by atoms with van der Waals surface area (Å²) in [4.78, 5) is 11.2. The van der Waals surface area contributed by atoms with Crippen LogP contribution in [0.4, 0.5) is 10.1 Å². The molecule has 0 aromatic heterocycles. The Morgan fingerprint density at radius 3 is 2.76 bits per heavy atom. The van der Waals surface area contributed by atoms with E-state index in [1.807, 2.05) is 0 Å². The van der Waals surface area contributed by atoms with Crippen LogP contribution in [-0.2, 0) is 27.8 Å². The molecule has 1 aliphatic heterocycles. The third-order valence-electron chi connectivity index (χ3n) is 3.67. The van der Waals surface area contributed by atoms with Gasteiger partial charge < -0.3 is 10.2 Å². The number of carbonyl (C=O) groups excluding carboxylic acids is 1. The second-order valence-corrected chi connectivity index (χ2v) is 6.72. The highest BCUT2D eigenvalue weighted by Gasteiger charge is 2.38. The van der Waals surface area contributed by atoms with Crippen molar-refractivity contribution in [1.29, 1.82) is 0 Å². The lowest BCUT2D eigenvalue weighted by atomic mass is 9.88. The number of hydrogen-bond acceptors (Lipinski definition) is 5. The van der Waals surface area contributed by atoms with Gasteiger partial charge in [-0.1, -0.05) is 0 Å². The first-order valence-electron chi connectivity index (χ1n) is 6.34. The lowest BCUT2D eigenvalue weighted by molar-refractivity contribution is -0.117. The SMILES string of the molecule is O=C1CN(c2c(O)cc3c(c2F)CC(O)CC3)S(=O)(=O)N1. The number of benzene rings is 1. The van der Waals surface area contributed by atoms with E-state index in [2.05, 4.69) is 0 Å². The molecule has 1 aliphatic carbocycles. The maximum absolute atomic E-state index is 14.6. The summed E-state index contributed by atoms with van der Waals surface area (Å²) < 4.78 is 40.4. The van der Waals surface area contributed by atoms with Crippen molar-refractivity contribution in [2.45, 2.75) is 25.4 Å². The van der Waals surface area contributed by atoms with Gasteiger partial charge in [-0.25, -0.2) is 13.4 Å². The lowest BCUT2D eigenvalue weighted by Gasteiger charge is -2.25. The zero-order chi connectivity index (χ0) is 15.4.